The first-order chi connectivity index (χ1) is 9.15. The maximum Gasteiger partial charge on any atom is 0.324 e. The van der Waals surface area contributed by atoms with Crippen LogP contribution in [0.1, 0.15) is 24.7 Å². The molecule has 0 fully saturated rings. The van der Waals surface area contributed by atoms with Crippen molar-refractivity contribution in [3.05, 3.63) is 51.3 Å². The fourth-order valence-corrected chi connectivity index (χ4v) is 2.49. The molecule has 2 aromatic heterocycles. The molecule has 0 amide bonds. The fraction of sp³-hybridized carbons (Fsp3) is 0.385. The number of nitro groups is 1. The third-order valence-electron chi connectivity index (χ3n) is 2.88. The molecule has 5 nitrogen and oxygen atoms in total. The molecule has 1 unspecified atom stereocenters. The molecule has 0 radical (unpaired) electrons. The predicted octanol–water partition coefficient (Wildman–Crippen LogP) is 3.36. The summed E-state index contributed by atoms with van der Waals surface area (Å²) in [4.78, 5) is 10.2. The number of hydrogen-bond donors (Lipinski definition) is 1. The molecule has 0 aromatic carbocycles. The molecule has 0 aliphatic carbocycles. The van der Waals surface area contributed by atoms with Crippen LogP contribution < -0.4 is 5.32 Å². The van der Waals surface area contributed by atoms with Crippen LogP contribution in [0.15, 0.2) is 34.3 Å². The van der Waals surface area contributed by atoms with E-state index in [1.165, 1.54) is 11.3 Å². The molecule has 0 saturated carbocycles. The van der Waals surface area contributed by atoms with E-state index in [1.807, 2.05) is 17.5 Å². The van der Waals surface area contributed by atoms with Crippen LogP contribution in [0.3, 0.4) is 0 Å². The molecule has 1 N–H and O–H groups in total. The van der Waals surface area contributed by atoms with Crippen LogP contribution in [0.2, 0.25) is 0 Å². The molecule has 0 aliphatic heterocycles. The Hall–Kier alpha value is -1.66. The number of rotatable bonds is 7. The maximum absolute atomic E-state index is 10.6. The molecule has 0 aliphatic rings. The van der Waals surface area contributed by atoms with Crippen molar-refractivity contribution >= 4 is 16.3 Å². The van der Waals surface area contributed by atoms with E-state index < -0.39 is 0 Å². The first-order valence-corrected chi connectivity index (χ1v) is 7.00. The first-order valence-electron chi connectivity index (χ1n) is 6.12. The molecule has 2 rings (SSSR count). The zero-order valence-corrected chi connectivity index (χ0v) is 11.5. The molecular weight excluding hydrogens is 264 g/mol. The summed E-state index contributed by atoms with van der Waals surface area (Å²) in [5.74, 6) is 0.986. The summed E-state index contributed by atoms with van der Waals surface area (Å²) in [6.45, 7) is 2.76. The van der Waals surface area contributed by atoms with E-state index in [9.17, 15) is 10.1 Å². The van der Waals surface area contributed by atoms with Gasteiger partial charge in [-0.25, -0.2) is 0 Å². The van der Waals surface area contributed by atoms with Crippen LogP contribution >= 0.6 is 11.3 Å². The molecular formula is C13H16N2O3S. The van der Waals surface area contributed by atoms with Gasteiger partial charge in [-0.2, -0.15) is 0 Å². The minimum absolute atomic E-state index is 0.194. The number of thiophene rings is 1. The lowest BCUT2D eigenvalue weighted by atomic mass is 10.1. The second-order valence-electron chi connectivity index (χ2n) is 4.45. The van der Waals surface area contributed by atoms with Crippen LogP contribution in [0.4, 0.5) is 5.00 Å². The Balaban J connectivity index is 1.73. The lowest BCUT2D eigenvalue weighted by Gasteiger charge is -2.11. The van der Waals surface area contributed by atoms with Gasteiger partial charge in [-0.1, -0.05) is 11.3 Å². The summed E-state index contributed by atoms with van der Waals surface area (Å²) in [7, 11) is 0. The van der Waals surface area contributed by atoms with Gasteiger partial charge in [0.15, 0.2) is 0 Å². The van der Waals surface area contributed by atoms with Gasteiger partial charge < -0.3 is 9.73 Å². The van der Waals surface area contributed by atoms with Crippen LogP contribution in [0, 0.1) is 10.1 Å². The van der Waals surface area contributed by atoms with Gasteiger partial charge in [0.25, 0.3) is 0 Å². The summed E-state index contributed by atoms with van der Waals surface area (Å²) in [6.07, 6.45) is 3.54. The van der Waals surface area contributed by atoms with Crippen LogP contribution in [-0.2, 0) is 13.0 Å². The lowest BCUT2D eigenvalue weighted by Crippen LogP contribution is -2.25. The second-order valence-corrected chi connectivity index (χ2v) is 5.34. The average Bonchev–Trinajstić information content (AvgIpc) is 3.05. The van der Waals surface area contributed by atoms with Gasteiger partial charge in [0.1, 0.15) is 5.76 Å². The topological polar surface area (TPSA) is 68.3 Å². The van der Waals surface area contributed by atoms with Crippen molar-refractivity contribution in [2.24, 2.45) is 0 Å². The Morgan fingerprint density at radius 1 is 1.58 bits per heavy atom. The van der Waals surface area contributed by atoms with Gasteiger partial charge in [-0.15, -0.1) is 0 Å². The summed E-state index contributed by atoms with van der Waals surface area (Å²) >= 11 is 1.17. The Labute approximate surface area is 115 Å². The second kappa shape index (κ2) is 6.49. The smallest absolute Gasteiger partial charge is 0.324 e. The predicted molar refractivity (Wildman–Crippen MR) is 74.3 cm³/mol. The third kappa shape index (κ3) is 4.18. The fourth-order valence-electron chi connectivity index (χ4n) is 1.76. The molecule has 0 bridgehead atoms. The number of nitrogens with zero attached hydrogens (tertiary/aromatic N) is 1. The Morgan fingerprint density at radius 2 is 2.42 bits per heavy atom. The zero-order chi connectivity index (χ0) is 13.7. The van der Waals surface area contributed by atoms with E-state index >= 15 is 0 Å². The van der Waals surface area contributed by atoms with Crippen molar-refractivity contribution in [3.8, 4) is 0 Å². The Morgan fingerprint density at radius 3 is 3.05 bits per heavy atom. The molecule has 19 heavy (non-hydrogen) atoms. The van der Waals surface area contributed by atoms with Crippen LogP contribution in [0.5, 0.6) is 0 Å². The monoisotopic (exact) mass is 280 g/mol. The van der Waals surface area contributed by atoms with Crippen molar-refractivity contribution < 1.29 is 9.34 Å². The minimum Gasteiger partial charge on any atom is -0.469 e. The Kier molecular flexibility index (Phi) is 4.70. The van der Waals surface area contributed by atoms with E-state index in [1.54, 1.807) is 12.3 Å². The largest absolute Gasteiger partial charge is 0.469 e. The molecule has 0 saturated heterocycles. The van der Waals surface area contributed by atoms with Gasteiger partial charge in [-0.05, 0) is 31.0 Å². The molecule has 2 heterocycles. The normalized spacial score (nSPS) is 12.5. The van der Waals surface area contributed by atoms with Crippen LogP contribution in [0.25, 0.3) is 0 Å². The van der Waals surface area contributed by atoms with E-state index in [2.05, 4.69) is 12.2 Å². The van der Waals surface area contributed by atoms with E-state index in [0.29, 0.717) is 12.6 Å². The van der Waals surface area contributed by atoms with Gasteiger partial charge in [-0.3, -0.25) is 10.1 Å². The summed E-state index contributed by atoms with van der Waals surface area (Å²) in [5, 5.41) is 15.9. The molecule has 6 heteroatoms. The van der Waals surface area contributed by atoms with Crippen molar-refractivity contribution in [2.75, 3.05) is 0 Å². The first kappa shape index (κ1) is 13.8. The van der Waals surface area contributed by atoms with E-state index in [-0.39, 0.29) is 9.92 Å². The highest BCUT2D eigenvalue weighted by Gasteiger charge is 2.10. The van der Waals surface area contributed by atoms with Crippen molar-refractivity contribution in [1.82, 2.24) is 5.32 Å². The highest BCUT2D eigenvalue weighted by molar-refractivity contribution is 7.13. The molecule has 1 atom stereocenters. The van der Waals surface area contributed by atoms with Gasteiger partial charge in [0.2, 0.25) is 0 Å². The highest BCUT2D eigenvalue weighted by Crippen LogP contribution is 2.22. The van der Waals surface area contributed by atoms with Gasteiger partial charge in [0, 0.05) is 30.5 Å². The molecule has 0 spiro atoms. The Bertz CT molecular complexity index is 522. The number of aryl methyl sites for hydroxylation is 1. The van der Waals surface area contributed by atoms with E-state index in [0.717, 1.165) is 24.2 Å². The van der Waals surface area contributed by atoms with Crippen molar-refractivity contribution in [1.29, 1.82) is 0 Å². The summed E-state index contributed by atoms with van der Waals surface area (Å²) in [6, 6.07) is 5.81. The quantitative estimate of drug-likeness (QED) is 0.623. The van der Waals surface area contributed by atoms with Crippen molar-refractivity contribution in [2.45, 2.75) is 32.4 Å². The zero-order valence-electron chi connectivity index (χ0n) is 10.7. The SMILES string of the molecule is CC(CCc1ccco1)NCc1csc([N+](=O)[O-])c1. The third-order valence-corrected chi connectivity index (χ3v) is 3.81. The number of hydrogen-bond acceptors (Lipinski definition) is 5. The summed E-state index contributed by atoms with van der Waals surface area (Å²) < 4.78 is 5.28. The lowest BCUT2D eigenvalue weighted by molar-refractivity contribution is -0.380. The molecule has 2 aromatic rings. The van der Waals surface area contributed by atoms with Gasteiger partial charge >= 0.3 is 5.00 Å². The summed E-state index contributed by atoms with van der Waals surface area (Å²) in [5.41, 5.74) is 0.960. The highest BCUT2D eigenvalue weighted by atomic mass is 32.1. The maximum atomic E-state index is 10.6. The number of furan rings is 1. The number of nitrogens with one attached hydrogen (secondary N) is 1. The minimum atomic E-state index is -0.353. The van der Waals surface area contributed by atoms with Gasteiger partial charge in [0.05, 0.1) is 11.2 Å². The van der Waals surface area contributed by atoms with Crippen molar-refractivity contribution in [3.63, 3.8) is 0 Å². The van der Waals surface area contributed by atoms with Crippen LogP contribution in [-0.4, -0.2) is 11.0 Å². The average molecular weight is 280 g/mol. The molecule has 102 valence electrons. The van der Waals surface area contributed by atoms with E-state index in [4.69, 9.17) is 4.42 Å². The standard InChI is InChI=1S/C13H16N2O3S/c1-10(4-5-12-3-2-6-18-12)14-8-11-7-13(15(16)17)19-9-11/h2-3,6-7,9-10,14H,4-5,8H2,1H3.